The van der Waals surface area contributed by atoms with Gasteiger partial charge >= 0.3 is 107 Å². The van der Waals surface area contributed by atoms with E-state index >= 15 is 0 Å². The van der Waals surface area contributed by atoms with Crippen molar-refractivity contribution >= 4 is 35.6 Å². The molecule has 0 heterocycles. The Bertz CT molecular complexity index is 1720. The van der Waals surface area contributed by atoms with Crippen molar-refractivity contribution in [3.63, 3.8) is 0 Å². The van der Waals surface area contributed by atoms with Gasteiger partial charge in [0.15, 0.2) is 16.2 Å². The fourth-order valence-electron chi connectivity index (χ4n) is 5.13. The number of alkyl halides is 39. The quantitative estimate of drug-likeness (QED) is 0.0532. The number of rotatable bonds is 24. The number of hydrogen-bond donors (Lipinski definition) is 0. The molecular formula is C26H20ClF39OSi3. The van der Waals surface area contributed by atoms with Gasteiger partial charge in [-0.25, -0.2) is 0 Å². The third-order valence-electron chi connectivity index (χ3n) is 9.56. The smallest absolute Gasteiger partial charge is 0.457 e. The highest BCUT2D eigenvalue weighted by Gasteiger charge is 2.93. The Labute approximate surface area is 369 Å². The van der Waals surface area contributed by atoms with Crippen molar-refractivity contribution in [2.75, 3.05) is 0 Å². The molecule has 0 radical (unpaired) electrons. The Hall–Kier alpha value is -1.83. The second-order valence-corrected chi connectivity index (χ2v) is 30.7. The van der Waals surface area contributed by atoms with E-state index in [1.807, 2.05) is 0 Å². The number of halogens is 40. The van der Waals surface area contributed by atoms with Crippen LogP contribution in [0, 0.1) is 0 Å². The first-order valence-electron chi connectivity index (χ1n) is 16.8. The molecule has 0 unspecified atom stereocenters. The summed E-state index contributed by atoms with van der Waals surface area (Å²) in [6, 6.07) is -8.51. The fourth-order valence-corrected chi connectivity index (χ4v) is 24.0. The average molecular weight is 1210 g/mol. The van der Waals surface area contributed by atoms with Crippen LogP contribution in [-0.2, 0) is 4.12 Å². The molecule has 1 nitrogen and oxygen atoms in total. The van der Waals surface area contributed by atoms with Crippen LogP contribution in [0.4, 0.5) is 171 Å². The molecule has 70 heavy (non-hydrogen) atoms. The normalized spacial score (nSPS) is 17.1. The van der Waals surface area contributed by atoms with Crippen molar-refractivity contribution in [3.05, 3.63) is 0 Å². The van der Waals surface area contributed by atoms with Gasteiger partial charge < -0.3 is 4.12 Å². The van der Waals surface area contributed by atoms with E-state index in [9.17, 15) is 171 Å². The van der Waals surface area contributed by atoms with Gasteiger partial charge in [0, 0.05) is 19.3 Å². The van der Waals surface area contributed by atoms with Crippen molar-refractivity contribution in [1.82, 2.24) is 0 Å². The summed E-state index contributed by atoms with van der Waals surface area (Å²) in [7, 11) is -16.3. The first-order chi connectivity index (χ1) is 29.6. The minimum absolute atomic E-state index is 0.0875. The molecule has 0 saturated carbocycles. The van der Waals surface area contributed by atoms with Crippen molar-refractivity contribution in [2.45, 2.75) is 158 Å². The molecule has 0 spiro atoms. The zero-order chi connectivity index (χ0) is 57.7. The van der Waals surface area contributed by atoms with E-state index < -0.39 is 169 Å². The third-order valence-corrected chi connectivity index (χ3v) is 27.0. The molecule has 0 aromatic heterocycles. The Kier molecular flexibility index (Phi) is 18.0. The minimum Gasteiger partial charge on any atom is -0.457 e. The van der Waals surface area contributed by atoms with E-state index in [1.165, 1.54) is 0 Å². The summed E-state index contributed by atoms with van der Waals surface area (Å²) in [5.41, 5.74) is 0. The highest BCUT2D eigenvalue weighted by molar-refractivity contribution is 7.40. The summed E-state index contributed by atoms with van der Waals surface area (Å²) < 4.78 is 537. The third kappa shape index (κ3) is 10.6. The van der Waals surface area contributed by atoms with Gasteiger partial charge in [-0.05, 0) is 31.2 Å². The average Bonchev–Trinajstić information content (AvgIpc) is 3.12. The van der Waals surface area contributed by atoms with Gasteiger partial charge in [0.05, 0.1) is 0 Å². The molecule has 0 fully saturated rings. The molecule has 422 valence electrons. The van der Waals surface area contributed by atoms with E-state index in [-0.39, 0.29) is 13.1 Å². The Morgan fingerprint density at radius 1 is 0.286 bits per heavy atom. The van der Waals surface area contributed by atoms with Crippen LogP contribution >= 0.6 is 11.1 Å². The Morgan fingerprint density at radius 3 is 0.629 bits per heavy atom. The second-order valence-electron chi connectivity index (χ2n) is 15.2. The molecule has 0 N–H and O–H groups in total. The van der Waals surface area contributed by atoms with Gasteiger partial charge in [-0.15, -0.1) is 0 Å². The van der Waals surface area contributed by atoms with Gasteiger partial charge in [-0.3, -0.25) is 0 Å². The lowest BCUT2D eigenvalue weighted by atomic mass is 9.93. The molecule has 44 heteroatoms. The van der Waals surface area contributed by atoms with Crippen molar-refractivity contribution < 1.29 is 175 Å². The van der Waals surface area contributed by atoms with E-state index in [2.05, 4.69) is 0 Å². The summed E-state index contributed by atoms with van der Waals surface area (Å²) in [5, 5.41) is 0. The SMILES string of the molecule is C[Si](C)(CCC(F)(F)C(F)(F)C(F)(F)C(F)(F)C(F)(F)C(F)(F)F)O[Si](CCC(F)(F)C(F)(F)C(F)(F)C(F)(F)C(F)(F)C(F)(F)F)(CCC(F)(F)C(F)(F)C(F)(F)C(F)(F)C(F)(F)C(F)(F)F)[SiH2]Cl. The van der Waals surface area contributed by atoms with Gasteiger partial charge in [0.25, 0.3) is 0 Å². The molecule has 0 aliphatic carbocycles. The fraction of sp³-hybridized carbons (Fsp3) is 1.00. The second kappa shape index (κ2) is 18.5. The van der Waals surface area contributed by atoms with Crippen LogP contribution < -0.4 is 0 Å². The van der Waals surface area contributed by atoms with Crippen LogP contribution in [0.25, 0.3) is 0 Å². The summed E-state index contributed by atoms with van der Waals surface area (Å²) >= 11 is 5.35. The van der Waals surface area contributed by atoms with E-state index in [1.54, 1.807) is 0 Å². The topological polar surface area (TPSA) is 9.23 Å². The molecule has 0 aliphatic heterocycles. The van der Waals surface area contributed by atoms with Gasteiger partial charge in [-0.2, -0.15) is 182 Å². The van der Waals surface area contributed by atoms with Gasteiger partial charge in [0.2, 0.25) is 0 Å². The standard InChI is InChI=1S/C26H20ClF39OSi3/c1-69(2,6-3-9(28,29)12(34,35)15(40,41)18(46,47)21(52,53)24(58,59)60)67-70(68-27,7-4-10(30,31)13(36,37)16(42,43)19(48,49)22(54,55)25(61,62)63)8-5-11(32,33)14(38,39)17(44,45)20(50,51)23(56,57)26(64,65)66/h3-8,68H2,1-2H3. The highest BCUT2D eigenvalue weighted by Crippen LogP contribution is 2.65. The lowest BCUT2D eigenvalue weighted by molar-refractivity contribution is -0.440. The maximum atomic E-state index is 14.8. The maximum absolute atomic E-state index is 14.8. The van der Waals surface area contributed by atoms with Gasteiger partial charge in [-0.1, -0.05) is 0 Å². The molecule has 0 rings (SSSR count). The van der Waals surface area contributed by atoms with Crippen LogP contribution in [0.5, 0.6) is 0 Å². The lowest BCUT2D eigenvalue weighted by Gasteiger charge is -2.43. The zero-order valence-corrected chi connectivity index (χ0v) is 36.6. The molecule has 0 atom stereocenters. The first-order valence-corrected chi connectivity index (χ1v) is 26.7. The molecular weight excluding hydrogens is 1190 g/mol. The summed E-state index contributed by atoms with van der Waals surface area (Å²) in [4.78, 5) is 0. The molecule has 0 bridgehead atoms. The largest absolute Gasteiger partial charge is 0.460 e. The molecule has 0 amide bonds. The van der Waals surface area contributed by atoms with E-state index in [4.69, 9.17) is 15.2 Å². The monoisotopic (exact) mass is 1210 g/mol. The minimum atomic E-state index is -8.75. The highest BCUT2D eigenvalue weighted by atomic mass is 35.6. The molecule has 0 saturated heterocycles. The Balaban J connectivity index is 7.81. The van der Waals surface area contributed by atoms with Crippen LogP contribution in [-0.4, -0.2) is 132 Å². The van der Waals surface area contributed by atoms with Crippen LogP contribution in [0.3, 0.4) is 0 Å². The summed E-state index contributed by atoms with van der Waals surface area (Å²) in [5.74, 6) is -125. The predicted molar refractivity (Wildman–Crippen MR) is 159 cm³/mol. The lowest BCUT2D eigenvalue weighted by Crippen LogP contribution is -2.70. The van der Waals surface area contributed by atoms with Crippen molar-refractivity contribution in [2.24, 2.45) is 0 Å². The molecule has 0 aliphatic rings. The first kappa shape index (κ1) is 68.2. The van der Waals surface area contributed by atoms with E-state index in [0.717, 1.165) is 0 Å². The van der Waals surface area contributed by atoms with Crippen LogP contribution in [0.1, 0.15) is 19.3 Å². The van der Waals surface area contributed by atoms with Crippen molar-refractivity contribution in [1.29, 1.82) is 0 Å². The Morgan fingerprint density at radius 2 is 0.457 bits per heavy atom. The maximum Gasteiger partial charge on any atom is 0.460 e. The van der Waals surface area contributed by atoms with Gasteiger partial charge in [0.1, 0.15) is 8.35 Å². The summed E-state index contributed by atoms with van der Waals surface area (Å²) in [6.45, 7) is -0.175. The van der Waals surface area contributed by atoms with Crippen LogP contribution in [0.2, 0.25) is 31.2 Å². The van der Waals surface area contributed by atoms with Crippen LogP contribution in [0.15, 0.2) is 0 Å². The molecule has 0 aromatic carbocycles. The molecule has 0 aromatic rings. The summed E-state index contributed by atoms with van der Waals surface area (Å²) in [6.07, 6.45) is -35.2. The van der Waals surface area contributed by atoms with Crippen molar-refractivity contribution in [3.8, 4) is 0 Å². The van der Waals surface area contributed by atoms with E-state index in [0.29, 0.717) is 0 Å². The predicted octanol–water partition coefficient (Wildman–Crippen LogP) is 15.4. The zero-order valence-electron chi connectivity index (χ0n) is 32.5. The number of hydrogen-bond acceptors (Lipinski definition) is 1.